The summed E-state index contributed by atoms with van der Waals surface area (Å²) in [5.41, 5.74) is 4.11. The van der Waals surface area contributed by atoms with E-state index < -0.39 is 0 Å². The molecule has 2 aromatic carbocycles. The van der Waals surface area contributed by atoms with Gasteiger partial charge in [0.15, 0.2) is 0 Å². The van der Waals surface area contributed by atoms with Gasteiger partial charge in [-0.3, -0.25) is 0 Å². The Morgan fingerprint density at radius 3 is 1.50 bits per heavy atom. The number of halogens is 2. The molecule has 0 heterocycles. The lowest BCUT2D eigenvalue weighted by molar-refractivity contribution is 0.121. The molecule has 20 heavy (non-hydrogen) atoms. The van der Waals surface area contributed by atoms with Crippen LogP contribution in [0, 0.1) is 23.5 Å². The van der Waals surface area contributed by atoms with Gasteiger partial charge in [-0.1, -0.05) is 26.0 Å². The summed E-state index contributed by atoms with van der Waals surface area (Å²) in [6, 6.07) is 9.93. The summed E-state index contributed by atoms with van der Waals surface area (Å²) in [6.45, 7) is 4.51. The van der Waals surface area contributed by atoms with Crippen molar-refractivity contribution in [3.05, 3.63) is 59.2 Å². The van der Waals surface area contributed by atoms with Crippen LogP contribution in [0.25, 0.3) is 11.1 Å². The maximum atomic E-state index is 13.6. The van der Waals surface area contributed by atoms with Gasteiger partial charge in [0.1, 0.15) is 11.6 Å². The van der Waals surface area contributed by atoms with Crippen LogP contribution in [0.4, 0.5) is 8.78 Å². The highest BCUT2D eigenvalue weighted by Crippen LogP contribution is 2.63. The third-order valence-corrected chi connectivity index (χ3v) is 5.39. The molecule has 2 unspecified atom stereocenters. The summed E-state index contributed by atoms with van der Waals surface area (Å²) in [5.74, 6) is 1.55. The normalized spacial score (nSPS) is 30.0. The van der Waals surface area contributed by atoms with Crippen molar-refractivity contribution in [3.63, 3.8) is 0 Å². The minimum Gasteiger partial charge on any atom is -0.207 e. The Morgan fingerprint density at radius 2 is 1.10 bits per heavy atom. The van der Waals surface area contributed by atoms with Crippen molar-refractivity contribution in [2.75, 3.05) is 0 Å². The van der Waals surface area contributed by atoms with Crippen molar-refractivity contribution in [2.45, 2.75) is 25.7 Å². The Morgan fingerprint density at radius 1 is 0.700 bits per heavy atom. The first-order valence-electron chi connectivity index (χ1n) is 7.17. The average molecular weight is 270 g/mol. The molecule has 0 aromatic heterocycles. The lowest BCUT2D eigenvalue weighted by atomic mass is 9.50. The Hall–Kier alpha value is -1.70. The highest BCUT2D eigenvalue weighted by molar-refractivity contribution is 5.76. The molecule has 0 amide bonds. The highest BCUT2D eigenvalue weighted by Gasteiger charge is 2.50. The second kappa shape index (κ2) is 3.91. The molecule has 0 aliphatic heterocycles. The molecule has 0 spiro atoms. The van der Waals surface area contributed by atoms with E-state index in [-0.39, 0.29) is 11.6 Å². The summed E-state index contributed by atoms with van der Waals surface area (Å²) in [7, 11) is 0. The van der Waals surface area contributed by atoms with Crippen molar-refractivity contribution in [3.8, 4) is 11.1 Å². The quantitative estimate of drug-likeness (QED) is 0.625. The molecular formula is C18H16F2. The van der Waals surface area contributed by atoms with Crippen LogP contribution in [0.5, 0.6) is 0 Å². The molecule has 1 fully saturated rings. The molecule has 102 valence electrons. The Labute approximate surface area is 117 Å². The fourth-order valence-electron chi connectivity index (χ4n) is 4.22. The number of fused-ring (bicyclic) bond motifs is 6. The molecule has 4 atom stereocenters. The smallest absolute Gasteiger partial charge is 0.123 e. The van der Waals surface area contributed by atoms with Gasteiger partial charge < -0.3 is 0 Å². The molecule has 0 bridgehead atoms. The first-order chi connectivity index (χ1) is 9.58. The maximum absolute atomic E-state index is 13.6. The highest BCUT2D eigenvalue weighted by atomic mass is 19.1. The number of rotatable bonds is 0. The van der Waals surface area contributed by atoms with E-state index in [0.717, 1.165) is 11.1 Å². The third kappa shape index (κ3) is 1.39. The monoisotopic (exact) mass is 270 g/mol. The predicted octanol–water partition coefficient (Wildman–Crippen LogP) is 5.10. The van der Waals surface area contributed by atoms with Crippen molar-refractivity contribution in [1.29, 1.82) is 0 Å². The van der Waals surface area contributed by atoms with Crippen molar-refractivity contribution in [2.24, 2.45) is 11.8 Å². The molecule has 2 aliphatic carbocycles. The van der Waals surface area contributed by atoms with Crippen LogP contribution in [-0.4, -0.2) is 0 Å². The summed E-state index contributed by atoms with van der Waals surface area (Å²) in [5, 5.41) is 0. The average Bonchev–Trinajstić information content (AvgIpc) is 2.45. The summed E-state index contributed by atoms with van der Waals surface area (Å²) in [6.07, 6.45) is 0. The molecule has 2 aromatic rings. The maximum Gasteiger partial charge on any atom is 0.123 e. The molecule has 2 aliphatic rings. The van der Waals surface area contributed by atoms with Gasteiger partial charge in [-0.2, -0.15) is 0 Å². The van der Waals surface area contributed by atoms with Gasteiger partial charge in [0.25, 0.3) is 0 Å². The molecule has 1 saturated carbocycles. The molecule has 0 N–H and O–H groups in total. The van der Waals surface area contributed by atoms with E-state index in [1.807, 2.05) is 12.1 Å². The number of benzene rings is 2. The van der Waals surface area contributed by atoms with Gasteiger partial charge in [-0.15, -0.1) is 0 Å². The first kappa shape index (κ1) is 12.1. The molecule has 4 rings (SSSR count). The largest absolute Gasteiger partial charge is 0.207 e. The van der Waals surface area contributed by atoms with Gasteiger partial charge in [0.2, 0.25) is 0 Å². The van der Waals surface area contributed by atoms with Gasteiger partial charge in [-0.05, 0) is 70.2 Å². The number of hydrogen-bond donors (Lipinski definition) is 0. The Bertz CT molecular complexity index is 643. The van der Waals surface area contributed by atoms with Crippen LogP contribution >= 0.6 is 0 Å². The van der Waals surface area contributed by atoms with Gasteiger partial charge in [-0.25, -0.2) is 8.78 Å². The van der Waals surface area contributed by atoms with Crippen molar-refractivity contribution >= 4 is 0 Å². The summed E-state index contributed by atoms with van der Waals surface area (Å²) in [4.78, 5) is 0. The molecule has 2 heteroatoms. The minimum absolute atomic E-state index is 0.252. The van der Waals surface area contributed by atoms with Gasteiger partial charge in [0, 0.05) is 0 Å². The third-order valence-electron chi connectivity index (χ3n) is 5.39. The van der Waals surface area contributed by atoms with E-state index in [2.05, 4.69) is 13.8 Å². The van der Waals surface area contributed by atoms with Gasteiger partial charge in [0.05, 0.1) is 0 Å². The van der Waals surface area contributed by atoms with Crippen LogP contribution in [-0.2, 0) is 0 Å². The molecular weight excluding hydrogens is 254 g/mol. The van der Waals surface area contributed by atoms with E-state index >= 15 is 0 Å². The van der Waals surface area contributed by atoms with E-state index in [0.29, 0.717) is 23.7 Å². The van der Waals surface area contributed by atoms with E-state index in [4.69, 9.17) is 0 Å². The predicted molar refractivity (Wildman–Crippen MR) is 75.6 cm³/mol. The zero-order chi connectivity index (χ0) is 14.0. The van der Waals surface area contributed by atoms with E-state index in [1.54, 1.807) is 12.1 Å². The van der Waals surface area contributed by atoms with Crippen molar-refractivity contribution in [1.82, 2.24) is 0 Å². The first-order valence-corrected chi connectivity index (χ1v) is 7.17. The lowest BCUT2D eigenvalue weighted by Gasteiger charge is -2.53. The topological polar surface area (TPSA) is 0 Å². The zero-order valence-electron chi connectivity index (χ0n) is 11.5. The van der Waals surface area contributed by atoms with Crippen LogP contribution in [0.15, 0.2) is 36.4 Å². The van der Waals surface area contributed by atoms with Crippen LogP contribution in [0.1, 0.15) is 36.8 Å². The van der Waals surface area contributed by atoms with Crippen LogP contribution in [0.3, 0.4) is 0 Å². The molecule has 0 nitrogen and oxygen atoms in total. The van der Waals surface area contributed by atoms with Crippen LogP contribution in [0.2, 0.25) is 0 Å². The Kier molecular flexibility index (Phi) is 2.36. The van der Waals surface area contributed by atoms with E-state index in [9.17, 15) is 8.78 Å². The van der Waals surface area contributed by atoms with Crippen LogP contribution < -0.4 is 0 Å². The SMILES string of the molecule is CC1[C@H](C)C2c3ccc(F)cc3-c3cc(F)ccc3[C@@H]12. The molecule has 0 radical (unpaired) electrons. The number of hydrogen-bond acceptors (Lipinski definition) is 0. The van der Waals surface area contributed by atoms with Gasteiger partial charge >= 0.3 is 0 Å². The standard InChI is InChI=1S/C18H16F2/c1-9-10(2)18-14-6-4-12(20)8-16(14)15-7-11(19)3-5-13(15)17(9)18/h3-10,17-18H,1-2H3/t9-,10?,17?,18+/m0/s1. The van der Waals surface area contributed by atoms with E-state index in [1.165, 1.54) is 23.3 Å². The van der Waals surface area contributed by atoms with Crippen molar-refractivity contribution < 1.29 is 8.78 Å². The zero-order valence-corrected chi connectivity index (χ0v) is 11.5. The summed E-state index contributed by atoms with van der Waals surface area (Å²) < 4.78 is 27.2. The Balaban J connectivity index is 2.01. The minimum atomic E-state index is -0.252. The lowest BCUT2D eigenvalue weighted by Crippen LogP contribution is -2.42. The second-order valence-electron chi connectivity index (χ2n) is 6.23. The molecule has 0 saturated heterocycles. The summed E-state index contributed by atoms with van der Waals surface area (Å²) >= 11 is 0. The second-order valence-corrected chi connectivity index (χ2v) is 6.23. The fourth-order valence-corrected chi connectivity index (χ4v) is 4.22. The fraction of sp³-hybridized carbons (Fsp3) is 0.333.